The fourth-order valence-corrected chi connectivity index (χ4v) is 5.24. The molecule has 5 rings (SSSR count). The fraction of sp³-hybridized carbons (Fsp3) is 0.115. The molecule has 0 saturated carbocycles. The number of fused-ring (bicyclic) bond motifs is 1. The van der Waals surface area contributed by atoms with Crippen molar-refractivity contribution in [3.05, 3.63) is 85.2 Å². The van der Waals surface area contributed by atoms with Crippen molar-refractivity contribution < 1.29 is 33.3 Å². The largest absolute Gasteiger partial charge is 0.493 e. The van der Waals surface area contributed by atoms with Crippen molar-refractivity contribution in [3.8, 4) is 23.0 Å². The van der Waals surface area contributed by atoms with Gasteiger partial charge in [-0.3, -0.25) is 14.5 Å². The Kier molecular flexibility index (Phi) is 7.45. The van der Waals surface area contributed by atoms with Crippen LogP contribution in [0, 0.1) is 0 Å². The number of rotatable bonds is 6. The minimum Gasteiger partial charge on any atom is -0.493 e. The van der Waals surface area contributed by atoms with Crippen molar-refractivity contribution in [2.45, 2.75) is 6.54 Å². The maximum absolute atomic E-state index is 13.0. The summed E-state index contributed by atoms with van der Waals surface area (Å²) >= 11 is 19.1. The van der Waals surface area contributed by atoms with E-state index in [1.165, 1.54) is 31.4 Å². The van der Waals surface area contributed by atoms with Crippen molar-refractivity contribution in [2.24, 2.45) is 0 Å². The number of nitrogens with zero attached hydrogens (tertiary/aromatic N) is 1. The molecule has 0 aliphatic carbocycles. The summed E-state index contributed by atoms with van der Waals surface area (Å²) in [5.74, 6) is 0.224. The van der Waals surface area contributed by atoms with Crippen LogP contribution in [-0.2, 0) is 11.3 Å². The number of ether oxygens (including phenoxy) is 4. The van der Waals surface area contributed by atoms with Crippen LogP contribution in [0.1, 0.15) is 21.5 Å². The van der Waals surface area contributed by atoms with E-state index in [9.17, 15) is 14.4 Å². The molecule has 2 heterocycles. The van der Waals surface area contributed by atoms with Crippen molar-refractivity contribution in [1.29, 1.82) is 0 Å². The van der Waals surface area contributed by atoms with Gasteiger partial charge >= 0.3 is 5.97 Å². The number of carbonyl (C=O) groups excluding carboxylic acids is 3. The second-order valence-electron chi connectivity index (χ2n) is 7.99. The van der Waals surface area contributed by atoms with Gasteiger partial charge in [0.2, 0.25) is 6.79 Å². The summed E-state index contributed by atoms with van der Waals surface area (Å²) in [6, 6.07) is 12.4. The molecule has 2 amide bonds. The second-order valence-corrected chi connectivity index (χ2v) is 10.2. The number of methoxy groups -OCH3 is 1. The van der Waals surface area contributed by atoms with Gasteiger partial charge in [-0.25, -0.2) is 4.79 Å². The van der Waals surface area contributed by atoms with Crippen LogP contribution >= 0.6 is 46.6 Å². The zero-order chi connectivity index (χ0) is 27.0. The van der Waals surface area contributed by atoms with Crippen LogP contribution in [-0.4, -0.2) is 35.9 Å². The van der Waals surface area contributed by atoms with Crippen molar-refractivity contribution in [3.63, 3.8) is 0 Å². The molecule has 1 saturated heterocycles. The zero-order valence-corrected chi connectivity index (χ0v) is 22.5. The SMILES string of the molecule is COc1cc(/C=C2\SC(=O)N(Cc3cc4c(cc3Cl)OCO4)C2=O)ccc1OC(=O)c1ccc(Cl)cc1Cl. The van der Waals surface area contributed by atoms with Gasteiger partial charge in [-0.2, -0.15) is 0 Å². The molecule has 194 valence electrons. The van der Waals surface area contributed by atoms with E-state index < -0.39 is 17.1 Å². The molecule has 3 aromatic rings. The summed E-state index contributed by atoms with van der Waals surface area (Å²) in [5, 5.41) is 0.451. The number of imide groups is 1. The summed E-state index contributed by atoms with van der Waals surface area (Å²) < 4.78 is 21.5. The molecule has 0 atom stereocenters. The van der Waals surface area contributed by atoms with Gasteiger partial charge in [0.05, 0.1) is 29.1 Å². The minimum atomic E-state index is -0.694. The second kappa shape index (κ2) is 10.8. The minimum absolute atomic E-state index is 0.0249. The Morgan fingerprint density at radius 3 is 2.50 bits per heavy atom. The van der Waals surface area contributed by atoms with E-state index in [1.807, 2.05) is 0 Å². The molecule has 0 unspecified atom stereocenters. The summed E-state index contributed by atoms with van der Waals surface area (Å²) in [7, 11) is 1.41. The molecule has 2 aliphatic rings. The van der Waals surface area contributed by atoms with E-state index in [-0.39, 0.29) is 40.3 Å². The van der Waals surface area contributed by atoms with Crippen LogP contribution in [0.25, 0.3) is 6.08 Å². The highest BCUT2D eigenvalue weighted by Crippen LogP contribution is 2.40. The maximum Gasteiger partial charge on any atom is 0.345 e. The molecule has 0 bridgehead atoms. The Bertz CT molecular complexity index is 1520. The molecule has 3 aromatic carbocycles. The zero-order valence-electron chi connectivity index (χ0n) is 19.5. The first-order chi connectivity index (χ1) is 18.2. The van der Waals surface area contributed by atoms with E-state index in [2.05, 4.69) is 0 Å². The van der Waals surface area contributed by atoms with Crippen LogP contribution in [0.5, 0.6) is 23.0 Å². The molecular formula is C26H16Cl3NO7S. The Balaban J connectivity index is 1.33. The summed E-state index contributed by atoms with van der Waals surface area (Å²) in [6.07, 6.45) is 1.55. The van der Waals surface area contributed by atoms with Crippen LogP contribution in [0.3, 0.4) is 0 Å². The normalized spacial score (nSPS) is 15.4. The first-order valence-electron chi connectivity index (χ1n) is 10.9. The lowest BCUT2D eigenvalue weighted by Crippen LogP contribution is -2.27. The predicted octanol–water partition coefficient (Wildman–Crippen LogP) is 6.84. The number of amides is 2. The average molecular weight is 593 g/mol. The number of hydrogen-bond acceptors (Lipinski definition) is 8. The lowest BCUT2D eigenvalue weighted by Gasteiger charge is -2.14. The molecule has 0 N–H and O–H groups in total. The lowest BCUT2D eigenvalue weighted by molar-refractivity contribution is -0.123. The van der Waals surface area contributed by atoms with Gasteiger partial charge in [-0.15, -0.1) is 0 Å². The van der Waals surface area contributed by atoms with Gasteiger partial charge in [-0.05, 0) is 65.4 Å². The van der Waals surface area contributed by atoms with Gasteiger partial charge in [0, 0.05) is 16.1 Å². The smallest absolute Gasteiger partial charge is 0.345 e. The number of benzene rings is 3. The third kappa shape index (κ3) is 5.28. The average Bonchev–Trinajstić information content (AvgIpc) is 3.43. The fourth-order valence-electron chi connectivity index (χ4n) is 3.71. The highest BCUT2D eigenvalue weighted by molar-refractivity contribution is 8.18. The third-order valence-electron chi connectivity index (χ3n) is 5.58. The Morgan fingerprint density at radius 2 is 1.76 bits per heavy atom. The molecule has 12 heteroatoms. The Hall–Kier alpha value is -3.37. The molecule has 38 heavy (non-hydrogen) atoms. The highest BCUT2D eigenvalue weighted by atomic mass is 35.5. The number of halogens is 3. The third-order valence-corrected chi connectivity index (χ3v) is 7.39. The lowest BCUT2D eigenvalue weighted by atomic mass is 10.1. The molecule has 0 radical (unpaired) electrons. The summed E-state index contributed by atoms with van der Waals surface area (Å²) in [5.41, 5.74) is 1.24. The quantitative estimate of drug-likeness (QED) is 0.175. The van der Waals surface area contributed by atoms with Crippen LogP contribution in [0.2, 0.25) is 15.1 Å². The van der Waals surface area contributed by atoms with Gasteiger partial charge < -0.3 is 18.9 Å². The van der Waals surface area contributed by atoms with Crippen molar-refractivity contribution in [2.75, 3.05) is 13.9 Å². The first kappa shape index (κ1) is 26.2. The van der Waals surface area contributed by atoms with E-state index in [1.54, 1.807) is 30.3 Å². The first-order valence-corrected chi connectivity index (χ1v) is 12.9. The molecule has 0 spiro atoms. The molecular weight excluding hydrogens is 577 g/mol. The topological polar surface area (TPSA) is 91.4 Å². The standard InChI is InChI=1S/C26H16Cl3NO7S/c1-34-20-6-13(2-5-19(20)37-25(32)16-4-3-15(27)9-18(16)29)7-23-24(31)30(26(33)38-23)11-14-8-21-22(10-17(14)28)36-12-35-21/h2-10H,11-12H2,1H3/b23-7-. The van der Waals surface area contributed by atoms with Gasteiger partial charge in [0.1, 0.15) is 0 Å². The number of hydrogen-bond donors (Lipinski definition) is 0. The number of carbonyl (C=O) groups is 3. The molecule has 8 nitrogen and oxygen atoms in total. The van der Waals surface area contributed by atoms with Crippen LogP contribution < -0.4 is 18.9 Å². The molecule has 0 aromatic heterocycles. The summed E-state index contributed by atoms with van der Waals surface area (Å²) in [6.45, 7) is 0.0543. The van der Waals surface area contributed by atoms with Crippen molar-refractivity contribution in [1.82, 2.24) is 4.90 Å². The van der Waals surface area contributed by atoms with Crippen LogP contribution in [0.4, 0.5) is 4.79 Å². The Morgan fingerprint density at radius 1 is 1.00 bits per heavy atom. The highest BCUT2D eigenvalue weighted by Gasteiger charge is 2.36. The van der Waals surface area contributed by atoms with Crippen LogP contribution in [0.15, 0.2) is 53.4 Å². The van der Waals surface area contributed by atoms with Gasteiger partial charge in [-0.1, -0.05) is 40.9 Å². The van der Waals surface area contributed by atoms with Crippen molar-refractivity contribution >= 4 is 69.8 Å². The maximum atomic E-state index is 13.0. The number of esters is 1. The molecule has 1 fully saturated rings. The number of thioether (sulfide) groups is 1. The van der Waals surface area contributed by atoms with E-state index >= 15 is 0 Å². The Labute approximate surface area is 235 Å². The van der Waals surface area contributed by atoms with Gasteiger partial charge in [0.15, 0.2) is 23.0 Å². The van der Waals surface area contributed by atoms with E-state index in [0.29, 0.717) is 32.7 Å². The van der Waals surface area contributed by atoms with E-state index in [0.717, 1.165) is 16.7 Å². The van der Waals surface area contributed by atoms with Gasteiger partial charge in [0.25, 0.3) is 11.1 Å². The van der Waals surface area contributed by atoms with E-state index in [4.69, 9.17) is 53.8 Å². The summed E-state index contributed by atoms with van der Waals surface area (Å²) in [4.78, 5) is 39.6. The monoisotopic (exact) mass is 591 g/mol. The predicted molar refractivity (Wildman–Crippen MR) is 144 cm³/mol. The molecule has 2 aliphatic heterocycles.